The molecule has 0 bridgehead atoms. The highest BCUT2D eigenvalue weighted by Crippen LogP contribution is 2.26. The smallest absolute Gasteiger partial charge is 0.251 e. The fraction of sp³-hybridized carbons (Fsp3) is 0.529. The van der Waals surface area contributed by atoms with Crippen molar-refractivity contribution < 1.29 is 9.59 Å². The zero-order valence-electron chi connectivity index (χ0n) is 13.2. The third-order valence-corrected chi connectivity index (χ3v) is 4.77. The van der Waals surface area contributed by atoms with Crippen LogP contribution in [0.4, 0.5) is 5.69 Å². The monoisotopic (exact) mass is 337 g/mol. The van der Waals surface area contributed by atoms with Crippen LogP contribution in [0, 0.1) is 5.92 Å². The molecule has 2 atom stereocenters. The molecule has 1 aromatic carbocycles. The predicted molar refractivity (Wildman–Crippen MR) is 92.9 cm³/mol. The third kappa shape index (κ3) is 3.85. The highest BCUT2D eigenvalue weighted by Gasteiger charge is 2.28. The molecule has 2 aliphatic rings. The van der Waals surface area contributed by atoms with Crippen LogP contribution in [0.3, 0.4) is 0 Å². The van der Waals surface area contributed by atoms with Gasteiger partial charge >= 0.3 is 0 Å². The normalized spacial score (nSPS) is 23.7. The maximum Gasteiger partial charge on any atom is 0.251 e. The Morgan fingerprint density at radius 3 is 2.83 bits per heavy atom. The first-order chi connectivity index (χ1) is 10.7. The molecule has 23 heavy (non-hydrogen) atoms. The molecule has 0 radical (unpaired) electrons. The highest BCUT2D eigenvalue weighted by atomic mass is 35.5. The second-order valence-corrected chi connectivity index (χ2v) is 6.21. The largest absolute Gasteiger partial charge is 0.349 e. The van der Waals surface area contributed by atoms with Gasteiger partial charge in [-0.3, -0.25) is 9.59 Å². The van der Waals surface area contributed by atoms with E-state index in [1.54, 1.807) is 11.0 Å². The Bertz CT molecular complexity index is 579. The van der Waals surface area contributed by atoms with Crippen LogP contribution < -0.4 is 16.0 Å². The molecule has 0 spiro atoms. The van der Waals surface area contributed by atoms with Gasteiger partial charge in [0.2, 0.25) is 5.91 Å². The molecule has 0 aromatic heterocycles. The number of hydrogen-bond donors (Lipinski definition) is 2. The number of amides is 2. The van der Waals surface area contributed by atoms with Crippen LogP contribution in [0.2, 0.25) is 0 Å². The molecule has 2 unspecified atom stereocenters. The van der Waals surface area contributed by atoms with Gasteiger partial charge in [0.1, 0.15) is 0 Å². The van der Waals surface area contributed by atoms with E-state index in [4.69, 9.17) is 5.73 Å². The minimum Gasteiger partial charge on any atom is -0.349 e. The van der Waals surface area contributed by atoms with Crippen LogP contribution in [0.15, 0.2) is 24.3 Å². The second kappa shape index (κ2) is 7.79. The van der Waals surface area contributed by atoms with Gasteiger partial charge in [0.25, 0.3) is 5.91 Å². The van der Waals surface area contributed by atoms with E-state index in [1.165, 1.54) is 0 Å². The minimum atomic E-state index is -0.0705. The topological polar surface area (TPSA) is 75.4 Å². The molecule has 1 heterocycles. The van der Waals surface area contributed by atoms with Gasteiger partial charge < -0.3 is 16.0 Å². The van der Waals surface area contributed by atoms with Gasteiger partial charge in [0.15, 0.2) is 0 Å². The Kier molecular flexibility index (Phi) is 6.02. The summed E-state index contributed by atoms with van der Waals surface area (Å²) in [6, 6.07) is 7.51. The lowest BCUT2D eigenvalue weighted by molar-refractivity contribution is -0.117. The van der Waals surface area contributed by atoms with E-state index in [0.717, 1.165) is 37.9 Å². The highest BCUT2D eigenvalue weighted by molar-refractivity contribution is 5.99. The summed E-state index contributed by atoms with van der Waals surface area (Å²) in [5.41, 5.74) is 7.19. The van der Waals surface area contributed by atoms with E-state index in [-0.39, 0.29) is 30.3 Å². The number of anilines is 1. The number of benzene rings is 1. The van der Waals surface area contributed by atoms with Crippen LogP contribution >= 0.6 is 12.4 Å². The van der Waals surface area contributed by atoms with E-state index >= 15 is 0 Å². The number of carbonyl (C=O) groups excluding carboxylic acids is 2. The van der Waals surface area contributed by atoms with E-state index in [2.05, 4.69) is 5.32 Å². The number of carbonyl (C=O) groups is 2. The van der Waals surface area contributed by atoms with E-state index in [9.17, 15) is 9.59 Å². The van der Waals surface area contributed by atoms with Gasteiger partial charge in [-0.25, -0.2) is 0 Å². The fourth-order valence-corrected chi connectivity index (χ4v) is 3.50. The zero-order chi connectivity index (χ0) is 15.5. The average molecular weight is 338 g/mol. The number of hydrogen-bond acceptors (Lipinski definition) is 3. The molecular formula is C17H24ClN3O2. The Balaban J connectivity index is 0.00000192. The van der Waals surface area contributed by atoms with Crippen molar-refractivity contribution in [3.05, 3.63) is 29.8 Å². The number of nitrogens with two attached hydrogens (primary N) is 1. The van der Waals surface area contributed by atoms with Gasteiger partial charge in [-0.1, -0.05) is 12.5 Å². The van der Waals surface area contributed by atoms with Crippen molar-refractivity contribution in [2.45, 2.75) is 38.1 Å². The Morgan fingerprint density at radius 1 is 1.30 bits per heavy atom. The first-order valence-electron chi connectivity index (χ1n) is 8.10. The van der Waals surface area contributed by atoms with Crippen LogP contribution in [0.5, 0.6) is 0 Å². The summed E-state index contributed by atoms with van der Waals surface area (Å²) in [5, 5.41) is 3.10. The molecule has 1 saturated carbocycles. The maximum atomic E-state index is 12.5. The lowest BCUT2D eigenvalue weighted by atomic mass is 10.0. The van der Waals surface area contributed by atoms with E-state index < -0.39 is 0 Å². The van der Waals surface area contributed by atoms with E-state index in [1.807, 2.05) is 18.2 Å². The van der Waals surface area contributed by atoms with Gasteiger partial charge in [-0.05, 0) is 49.9 Å². The lowest BCUT2D eigenvalue weighted by Gasteiger charge is -2.20. The summed E-state index contributed by atoms with van der Waals surface area (Å²) in [6.45, 7) is 1.36. The molecule has 2 amide bonds. The molecule has 126 valence electrons. The fourth-order valence-electron chi connectivity index (χ4n) is 3.50. The van der Waals surface area contributed by atoms with Gasteiger partial charge in [0.05, 0.1) is 0 Å². The summed E-state index contributed by atoms with van der Waals surface area (Å²) in [4.78, 5) is 26.0. The molecule has 3 N–H and O–H groups in total. The number of nitrogens with one attached hydrogen (secondary N) is 1. The molecule has 1 aliphatic carbocycles. The first-order valence-corrected chi connectivity index (χ1v) is 8.10. The number of nitrogens with zero attached hydrogens (tertiary/aromatic N) is 1. The predicted octanol–water partition coefficient (Wildman–Crippen LogP) is 2.09. The van der Waals surface area contributed by atoms with Gasteiger partial charge in [0, 0.05) is 30.3 Å². The van der Waals surface area contributed by atoms with Crippen molar-refractivity contribution in [2.24, 2.45) is 11.7 Å². The molecule has 1 aromatic rings. The summed E-state index contributed by atoms with van der Waals surface area (Å²) in [7, 11) is 0. The number of rotatable bonds is 4. The zero-order valence-corrected chi connectivity index (χ0v) is 14.0. The third-order valence-electron chi connectivity index (χ3n) is 4.77. The van der Waals surface area contributed by atoms with Crippen molar-refractivity contribution in [1.82, 2.24) is 5.32 Å². The van der Waals surface area contributed by atoms with Crippen molar-refractivity contribution in [2.75, 3.05) is 18.0 Å². The first kappa shape index (κ1) is 17.8. The van der Waals surface area contributed by atoms with Crippen molar-refractivity contribution in [1.29, 1.82) is 0 Å². The Morgan fingerprint density at radius 2 is 2.13 bits per heavy atom. The molecule has 6 heteroatoms. The molecule has 2 fully saturated rings. The second-order valence-electron chi connectivity index (χ2n) is 6.21. The number of halogens is 1. The Hall–Kier alpha value is -1.59. The molecule has 3 rings (SSSR count). The lowest BCUT2D eigenvalue weighted by Crippen LogP contribution is -2.39. The molecule has 5 nitrogen and oxygen atoms in total. The minimum absolute atomic E-state index is 0. The van der Waals surface area contributed by atoms with Crippen LogP contribution in [-0.4, -0.2) is 30.9 Å². The van der Waals surface area contributed by atoms with Crippen LogP contribution in [0.1, 0.15) is 42.5 Å². The summed E-state index contributed by atoms with van der Waals surface area (Å²) in [5.74, 6) is 0.447. The average Bonchev–Trinajstić information content (AvgIpc) is 3.16. The quantitative estimate of drug-likeness (QED) is 0.883. The SMILES string of the molecule is Cl.NCC1CCCC1NC(=O)c1cccc(N2CCCC2=O)c1. The van der Waals surface area contributed by atoms with Crippen LogP contribution in [0.25, 0.3) is 0 Å². The summed E-state index contributed by atoms with van der Waals surface area (Å²) >= 11 is 0. The van der Waals surface area contributed by atoms with E-state index in [0.29, 0.717) is 24.4 Å². The standard InChI is InChI=1S/C17H23N3O2.ClH/c18-11-13-5-2-7-15(13)19-17(22)12-4-1-6-14(10-12)20-9-3-8-16(20)21;/h1,4,6,10,13,15H,2-3,5,7-9,11,18H2,(H,19,22);1H. The van der Waals surface area contributed by atoms with Crippen molar-refractivity contribution in [3.63, 3.8) is 0 Å². The maximum absolute atomic E-state index is 12.5. The molecule has 1 saturated heterocycles. The van der Waals surface area contributed by atoms with Crippen molar-refractivity contribution >= 4 is 29.9 Å². The molecular weight excluding hydrogens is 314 g/mol. The van der Waals surface area contributed by atoms with Crippen LogP contribution in [-0.2, 0) is 4.79 Å². The summed E-state index contributed by atoms with van der Waals surface area (Å²) < 4.78 is 0. The van der Waals surface area contributed by atoms with Gasteiger partial charge in [-0.2, -0.15) is 0 Å². The van der Waals surface area contributed by atoms with Gasteiger partial charge in [-0.15, -0.1) is 12.4 Å². The summed E-state index contributed by atoms with van der Waals surface area (Å²) in [6.07, 6.45) is 4.68. The van der Waals surface area contributed by atoms with Crippen molar-refractivity contribution in [3.8, 4) is 0 Å². The Labute approximate surface area is 143 Å². The molecule has 1 aliphatic heterocycles.